The van der Waals surface area contributed by atoms with Gasteiger partial charge in [-0.2, -0.15) is 0 Å². The van der Waals surface area contributed by atoms with E-state index in [1.807, 2.05) is 19.2 Å². The van der Waals surface area contributed by atoms with Crippen molar-refractivity contribution >= 4 is 47.8 Å². The molecule has 0 saturated heterocycles. The van der Waals surface area contributed by atoms with Gasteiger partial charge in [-0.3, -0.25) is 0 Å². The fourth-order valence-electron chi connectivity index (χ4n) is 1.82. The molecule has 0 saturated carbocycles. The van der Waals surface area contributed by atoms with Crippen molar-refractivity contribution in [1.82, 2.24) is 5.32 Å². The summed E-state index contributed by atoms with van der Waals surface area (Å²) in [6.45, 7) is 2.07. The van der Waals surface area contributed by atoms with Gasteiger partial charge >= 0.3 is 0 Å². The molecule has 0 spiro atoms. The molecule has 1 atom stereocenters. The first-order valence-electron chi connectivity index (χ1n) is 5.41. The van der Waals surface area contributed by atoms with Crippen LogP contribution in [0.25, 0.3) is 0 Å². The zero-order valence-electron chi connectivity index (χ0n) is 9.93. The molecule has 2 rings (SSSR count). The van der Waals surface area contributed by atoms with Gasteiger partial charge in [-0.15, -0.1) is 0 Å². The molecule has 1 aromatic heterocycles. The lowest BCUT2D eigenvalue weighted by atomic mass is 10.0. The van der Waals surface area contributed by atoms with Crippen LogP contribution in [0.5, 0.6) is 0 Å². The van der Waals surface area contributed by atoms with Crippen molar-refractivity contribution in [3.8, 4) is 0 Å². The molecule has 0 aliphatic rings. The molecule has 0 aliphatic carbocycles. The van der Waals surface area contributed by atoms with E-state index in [0.29, 0.717) is 0 Å². The Morgan fingerprint density at radius 3 is 2.39 bits per heavy atom. The molecule has 18 heavy (non-hydrogen) atoms. The number of nitrogens with one attached hydrogen (secondary N) is 1. The smallest absolute Gasteiger partial charge is 0.169 e. The molecule has 2 aromatic rings. The summed E-state index contributed by atoms with van der Waals surface area (Å²) in [5, 5.41) is 3.27. The lowest BCUT2D eigenvalue weighted by Crippen LogP contribution is -2.17. The van der Waals surface area contributed by atoms with E-state index in [-0.39, 0.29) is 6.04 Å². The van der Waals surface area contributed by atoms with Crippen molar-refractivity contribution in [3.05, 3.63) is 54.8 Å². The largest absolute Gasteiger partial charge is 0.452 e. The fraction of sp³-hybridized carbons (Fsp3) is 0.231. The monoisotopic (exact) mass is 435 g/mol. The molecule has 0 bridgehead atoms. The number of benzene rings is 1. The van der Waals surface area contributed by atoms with Gasteiger partial charge in [-0.25, -0.2) is 0 Å². The molecular formula is C13H12Br3NO. The summed E-state index contributed by atoms with van der Waals surface area (Å²) in [6.07, 6.45) is 0. The molecule has 2 nitrogen and oxygen atoms in total. The van der Waals surface area contributed by atoms with E-state index in [0.717, 1.165) is 24.9 Å². The number of aryl methyl sites for hydroxylation is 1. The van der Waals surface area contributed by atoms with Crippen molar-refractivity contribution in [1.29, 1.82) is 0 Å². The highest BCUT2D eigenvalue weighted by Gasteiger charge is 2.19. The highest BCUT2D eigenvalue weighted by molar-refractivity contribution is 9.11. The molecule has 96 valence electrons. The Kier molecular flexibility index (Phi) is 4.69. The van der Waals surface area contributed by atoms with Crippen LogP contribution in [0.4, 0.5) is 0 Å². The summed E-state index contributed by atoms with van der Waals surface area (Å²) in [6, 6.07) is 8.09. The molecule has 0 radical (unpaired) electrons. The molecule has 1 heterocycles. The van der Waals surface area contributed by atoms with Crippen LogP contribution in [0.15, 0.2) is 42.3 Å². The first-order valence-corrected chi connectivity index (χ1v) is 7.79. The van der Waals surface area contributed by atoms with Crippen LogP contribution in [-0.2, 0) is 0 Å². The third-order valence-electron chi connectivity index (χ3n) is 2.76. The van der Waals surface area contributed by atoms with Gasteiger partial charge in [-0.1, -0.05) is 31.9 Å². The van der Waals surface area contributed by atoms with E-state index in [9.17, 15) is 0 Å². The van der Waals surface area contributed by atoms with Crippen molar-refractivity contribution < 1.29 is 4.42 Å². The van der Waals surface area contributed by atoms with Gasteiger partial charge in [0, 0.05) is 8.95 Å². The molecule has 0 amide bonds. The molecule has 5 heteroatoms. The Labute approximate surface area is 132 Å². The first kappa shape index (κ1) is 14.3. The van der Waals surface area contributed by atoms with Gasteiger partial charge in [0.05, 0.1) is 6.04 Å². The normalized spacial score (nSPS) is 12.7. The van der Waals surface area contributed by atoms with E-state index in [1.54, 1.807) is 0 Å². The lowest BCUT2D eigenvalue weighted by Gasteiger charge is -2.17. The number of furan rings is 1. The molecule has 0 fully saturated rings. The van der Waals surface area contributed by atoms with Crippen LogP contribution in [0.1, 0.15) is 22.9 Å². The lowest BCUT2D eigenvalue weighted by molar-refractivity contribution is 0.446. The van der Waals surface area contributed by atoms with Gasteiger partial charge in [-0.05, 0) is 65.3 Å². The number of rotatable bonds is 3. The average Bonchev–Trinajstić information content (AvgIpc) is 2.73. The van der Waals surface area contributed by atoms with E-state index in [1.165, 1.54) is 5.56 Å². The summed E-state index contributed by atoms with van der Waals surface area (Å²) in [5.41, 5.74) is 2.33. The van der Waals surface area contributed by atoms with Crippen LogP contribution in [0.2, 0.25) is 0 Å². The van der Waals surface area contributed by atoms with Crippen LogP contribution >= 0.6 is 47.8 Å². The third-order valence-corrected chi connectivity index (χ3v) is 4.72. The summed E-state index contributed by atoms with van der Waals surface area (Å²) in [5.74, 6) is 0.876. The predicted octanol–water partition coefficient (Wildman–Crippen LogP) is 5.18. The van der Waals surface area contributed by atoms with Gasteiger partial charge in [0.25, 0.3) is 0 Å². The molecular weight excluding hydrogens is 426 g/mol. The fourth-order valence-corrected chi connectivity index (χ4v) is 3.18. The second-order valence-corrected chi connectivity index (χ2v) is 6.48. The Bertz CT molecular complexity index is 565. The molecule has 1 aromatic carbocycles. The minimum atomic E-state index is 0.0163. The van der Waals surface area contributed by atoms with Crippen LogP contribution in [0.3, 0.4) is 0 Å². The third kappa shape index (κ3) is 2.90. The van der Waals surface area contributed by atoms with Crippen LogP contribution in [-0.4, -0.2) is 7.05 Å². The van der Waals surface area contributed by atoms with Crippen molar-refractivity contribution in [2.75, 3.05) is 7.05 Å². The standard InChI is InChI=1S/C13H12Br3NO/c1-7-5-10(15)8(6-9(7)14)13(17-2)11-3-4-12(16)18-11/h3-6,13,17H,1-2H3. The highest BCUT2D eigenvalue weighted by atomic mass is 79.9. The quantitative estimate of drug-likeness (QED) is 0.715. The van der Waals surface area contributed by atoms with Crippen molar-refractivity contribution in [3.63, 3.8) is 0 Å². The maximum Gasteiger partial charge on any atom is 0.169 e. The van der Waals surface area contributed by atoms with E-state index >= 15 is 0 Å². The summed E-state index contributed by atoms with van der Waals surface area (Å²) >= 11 is 10.5. The van der Waals surface area contributed by atoms with Crippen molar-refractivity contribution in [2.24, 2.45) is 0 Å². The van der Waals surface area contributed by atoms with E-state index < -0.39 is 0 Å². The Morgan fingerprint density at radius 1 is 1.11 bits per heavy atom. The van der Waals surface area contributed by atoms with Crippen molar-refractivity contribution in [2.45, 2.75) is 13.0 Å². The number of halogens is 3. The molecule has 1 N–H and O–H groups in total. The first-order chi connectivity index (χ1) is 8.52. The van der Waals surface area contributed by atoms with E-state index in [4.69, 9.17) is 4.42 Å². The maximum atomic E-state index is 5.63. The maximum absolute atomic E-state index is 5.63. The van der Waals surface area contributed by atoms with Gasteiger partial charge in [0.2, 0.25) is 0 Å². The Balaban J connectivity index is 2.48. The summed E-state index contributed by atoms with van der Waals surface area (Å²) in [4.78, 5) is 0. The zero-order valence-corrected chi connectivity index (χ0v) is 14.7. The van der Waals surface area contributed by atoms with Gasteiger partial charge in [0.15, 0.2) is 4.67 Å². The highest BCUT2D eigenvalue weighted by Crippen LogP contribution is 2.34. The average molecular weight is 438 g/mol. The number of hydrogen-bond donors (Lipinski definition) is 1. The van der Waals surface area contributed by atoms with Crippen LogP contribution in [0, 0.1) is 6.92 Å². The zero-order chi connectivity index (χ0) is 13.3. The topological polar surface area (TPSA) is 25.2 Å². The molecule has 1 unspecified atom stereocenters. The SMILES string of the molecule is CNC(c1ccc(Br)o1)c1cc(Br)c(C)cc1Br. The molecule has 0 aliphatic heterocycles. The predicted molar refractivity (Wildman–Crippen MR) is 83.9 cm³/mol. The van der Waals surface area contributed by atoms with Gasteiger partial charge < -0.3 is 9.73 Å². The minimum Gasteiger partial charge on any atom is -0.452 e. The van der Waals surface area contributed by atoms with E-state index in [2.05, 4.69) is 72.2 Å². The second-order valence-electron chi connectivity index (χ2n) is 3.99. The number of hydrogen-bond acceptors (Lipinski definition) is 2. The summed E-state index contributed by atoms with van der Waals surface area (Å²) in [7, 11) is 1.92. The second kappa shape index (κ2) is 5.90. The Morgan fingerprint density at radius 2 is 1.83 bits per heavy atom. The van der Waals surface area contributed by atoms with Gasteiger partial charge in [0.1, 0.15) is 5.76 Å². The Hall–Kier alpha value is -0.100. The van der Waals surface area contributed by atoms with Crippen LogP contribution < -0.4 is 5.32 Å². The minimum absolute atomic E-state index is 0.0163. The summed E-state index contributed by atoms with van der Waals surface area (Å²) < 4.78 is 8.52.